The largest absolute Gasteiger partial charge is 0.329 e. The second-order valence-corrected chi connectivity index (χ2v) is 6.90. The predicted molar refractivity (Wildman–Crippen MR) is 100 cm³/mol. The SMILES string of the molecule is C=CCN1C(=O)N/C(=C/c2ccc(Sc3ccc(Cl)cc3)cc2)C1=O. The second-order valence-electron chi connectivity index (χ2n) is 5.32. The number of rotatable bonds is 5. The Bertz CT molecular complexity index is 845. The number of amides is 3. The average molecular weight is 371 g/mol. The van der Waals surface area contributed by atoms with Gasteiger partial charge in [-0.3, -0.25) is 9.69 Å². The molecule has 0 spiro atoms. The van der Waals surface area contributed by atoms with Gasteiger partial charge in [0, 0.05) is 21.4 Å². The summed E-state index contributed by atoms with van der Waals surface area (Å²) in [6, 6.07) is 14.9. The van der Waals surface area contributed by atoms with Gasteiger partial charge < -0.3 is 5.32 Å². The molecule has 25 heavy (non-hydrogen) atoms. The lowest BCUT2D eigenvalue weighted by molar-refractivity contribution is -0.122. The molecule has 126 valence electrons. The van der Waals surface area contributed by atoms with Gasteiger partial charge in [-0.2, -0.15) is 0 Å². The van der Waals surface area contributed by atoms with Gasteiger partial charge in [-0.05, 0) is 48.0 Å². The summed E-state index contributed by atoms with van der Waals surface area (Å²) in [5.41, 5.74) is 1.11. The molecule has 1 aliphatic rings. The number of carbonyl (C=O) groups is 2. The van der Waals surface area contributed by atoms with E-state index in [1.807, 2.05) is 48.5 Å². The normalized spacial score (nSPS) is 15.6. The minimum atomic E-state index is -0.425. The van der Waals surface area contributed by atoms with E-state index in [1.165, 1.54) is 6.08 Å². The highest BCUT2D eigenvalue weighted by atomic mass is 35.5. The third-order valence-electron chi connectivity index (χ3n) is 3.51. The molecule has 1 aliphatic heterocycles. The number of benzene rings is 2. The van der Waals surface area contributed by atoms with Crippen LogP contribution in [0.5, 0.6) is 0 Å². The summed E-state index contributed by atoms with van der Waals surface area (Å²) < 4.78 is 0. The van der Waals surface area contributed by atoms with Crippen LogP contribution in [-0.4, -0.2) is 23.4 Å². The minimum absolute atomic E-state index is 0.193. The molecule has 2 aromatic rings. The van der Waals surface area contributed by atoms with E-state index in [-0.39, 0.29) is 18.1 Å². The van der Waals surface area contributed by atoms with Crippen molar-refractivity contribution in [3.8, 4) is 0 Å². The van der Waals surface area contributed by atoms with Gasteiger partial charge in [-0.15, -0.1) is 6.58 Å². The molecule has 0 aromatic heterocycles. The lowest BCUT2D eigenvalue weighted by Crippen LogP contribution is -2.30. The van der Waals surface area contributed by atoms with Crippen LogP contribution in [0.3, 0.4) is 0 Å². The molecule has 0 aliphatic carbocycles. The van der Waals surface area contributed by atoms with Crippen molar-refractivity contribution in [1.29, 1.82) is 0 Å². The molecule has 1 N–H and O–H groups in total. The Hall–Kier alpha value is -2.50. The van der Waals surface area contributed by atoms with Crippen LogP contribution in [0.1, 0.15) is 5.56 Å². The van der Waals surface area contributed by atoms with Crippen molar-refractivity contribution in [3.63, 3.8) is 0 Å². The third kappa shape index (κ3) is 4.13. The maximum absolute atomic E-state index is 12.2. The van der Waals surface area contributed by atoms with E-state index in [4.69, 9.17) is 11.6 Å². The summed E-state index contributed by atoms with van der Waals surface area (Å²) in [6.45, 7) is 3.74. The molecular formula is C19H15ClN2O2S. The van der Waals surface area contributed by atoms with Gasteiger partial charge in [0.2, 0.25) is 0 Å². The summed E-state index contributed by atoms with van der Waals surface area (Å²) in [5.74, 6) is -0.343. The molecule has 0 atom stereocenters. The molecular weight excluding hydrogens is 356 g/mol. The zero-order chi connectivity index (χ0) is 17.8. The number of nitrogens with zero attached hydrogens (tertiary/aromatic N) is 1. The number of imide groups is 1. The van der Waals surface area contributed by atoms with Crippen molar-refractivity contribution in [3.05, 3.63) is 77.5 Å². The standard InChI is InChI=1S/C19H15ClN2O2S/c1-2-11-22-18(23)17(21-19(22)24)12-13-3-7-15(8-4-13)25-16-9-5-14(20)6-10-16/h2-10,12H,1,11H2,(H,21,24)/b17-12+. The first kappa shape index (κ1) is 17.3. The summed E-state index contributed by atoms with van der Waals surface area (Å²) in [7, 11) is 0. The Morgan fingerprint density at radius 2 is 1.64 bits per heavy atom. The highest BCUT2D eigenvalue weighted by Gasteiger charge is 2.32. The predicted octanol–water partition coefficient (Wildman–Crippen LogP) is 4.57. The fourth-order valence-electron chi connectivity index (χ4n) is 2.30. The molecule has 0 saturated carbocycles. The molecule has 0 radical (unpaired) electrons. The van der Waals surface area contributed by atoms with Crippen LogP contribution in [0.25, 0.3) is 6.08 Å². The van der Waals surface area contributed by atoms with Crippen molar-refractivity contribution in [2.24, 2.45) is 0 Å². The number of nitrogens with one attached hydrogen (secondary N) is 1. The van der Waals surface area contributed by atoms with Crippen molar-refractivity contribution < 1.29 is 9.59 Å². The third-order valence-corrected chi connectivity index (χ3v) is 4.78. The first-order chi connectivity index (χ1) is 12.1. The highest BCUT2D eigenvalue weighted by molar-refractivity contribution is 7.99. The Morgan fingerprint density at radius 3 is 2.24 bits per heavy atom. The Kier molecular flexibility index (Phi) is 5.26. The van der Waals surface area contributed by atoms with Crippen LogP contribution < -0.4 is 5.32 Å². The van der Waals surface area contributed by atoms with Gasteiger partial charge in [0.05, 0.1) is 0 Å². The Labute approximate surface area is 155 Å². The summed E-state index contributed by atoms with van der Waals surface area (Å²) in [4.78, 5) is 27.2. The lowest BCUT2D eigenvalue weighted by Gasteiger charge is -2.06. The van der Waals surface area contributed by atoms with E-state index in [0.29, 0.717) is 5.02 Å². The highest BCUT2D eigenvalue weighted by Crippen LogP contribution is 2.29. The quantitative estimate of drug-likeness (QED) is 0.476. The summed E-state index contributed by atoms with van der Waals surface area (Å²) >= 11 is 7.51. The second kappa shape index (κ2) is 7.59. The molecule has 1 saturated heterocycles. The Balaban J connectivity index is 1.72. The topological polar surface area (TPSA) is 49.4 Å². The number of hydrogen-bond acceptors (Lipinski definition) is 3. The average Bonchev–Trinajstić information content (AvgIpc) is 2.86. The molecule has 0 bridgehead atoms. The number of halogens is 1. The van der Waals surface area contributed by atoms with Crippen LogP contribution in [0.2, 0.25) is 5.02 Å². The van der Waals surface area contributed by atoms with E-state index in [0.717, 1.165) is 20.3 Å². The Morgan fingerprint density at radius 1 is 1.04 bits per heavy atom. The number of carbonyl (C=O) groups excluding carboxylic acids is 2. The van der Waals surface area contributed by atoms with Crippen molar-refractivity contribution >= 4 is 41.4 Å². The van der Waals surface area contributed by atoms with Gasteiger partial charge in [-0.25, -0.2) is 4.79 Å². The molecule has 6 heteroatoms. The molecule has 3 rings (SSSR count). The maximum Gasteiger partial charge on any atom is 0.329 e. The zero-order valence-electron chi connectivity index (χ0n) is 13.2. The van der Waals surface area contributed by atoms with Crippen LogP contribution in [0.4, 0.5) is 4.79 Å². The van der Waals surface area contributed by atoms with Crippen LogP contribution in [-0.2, 0) is 4.79 Å². The molecule has 0 unspecified atom stereocenters. The van der Waals surface area contributed by atoms with Gasteiger partial charge in [0.25, 0.3) is 5.91 Å². The molecule has 3 amide bonds. The van der Waals surface area contributed by atoms with Crippen molar-refractivity contribution in [2.75, 3.05) is 6.54 Å². The minimum Gasteiger partial charge on any atom is -0.303 e. The van der Waals surface area contributed by atoms with E-state index in [1.54, 1.807) is 17.8 Å². The van der Waals surface area contributed by atoms with Crippen LogP contribution >= 0.6 is 23.4 Å². The number of urea groups is 1. The van der Waals surface area contributed by atoms with E-state index < -0.39 is 6.03 Å². The van der Waals surface area contributed by atoms with E-state index in [9.17, 15) is 9.59 Å². The fraction of sp³-hybridized carbons (Fsp3) is 0.0526. The first-order valence-corrected chi connectivity index (χ1v) is 8.75. The van der Waals surface area contributed by atoms with Gasteiger partial charge in [-0.1, -0.05) is 41.6 Å². The monoisotopic (exact) mass is 370 g/mol. The van der Waals surface area contributed by atoms with Crippen molar-refractivity contribution in [2.45, 2.75) is 9.79 Å². The summed E-state index contributed by atoms with van der Waals surface area (Å²) in [6.07, 6.45) is 3.18. The molecule has 2 aromatic carbocycles. The van der Waals surface area contributed by atoms with Crippen LogP contribution in [0.15, 0.2) is 76.7 Å². The van der Waals surface area contributed by atoms with E-state index >= 15 is 0 Å². The maximum atomic E-state index is 12.2. The molecule has 4 nitrogen and oxygen atoms in total. The lowest BCUT2D eigenvalue weighted by atomic mass is 10.2. The smallest absolute Gasteiger partial charge is 0.303 e. The van der Waals surface area contributed by atoms with Crippen LogP contribution in [0, 0.1) is 0 Å². The van der Waals surface area contributed by atoms with E-state index in [2.05, 4.69) is 11.9 Å². The number of hydrogen-bond donors (Lipinski definition) is 1. The van der Waals surface area contributed by atoms with Gasteiger partial charge in [0.1, 0.15) is 5.70 Å². The summed E-state index contributed by atoms with van der Waals surface area (Å²) in [5, 5.41) is 3.29. The fourth-order valence-corrected chi connectivity index (χ4v) is 3.25. The van der Waals surface area contributed by atoms with Crippen molar-refractivity contribution in [1.82, 2.24) is 10.2 Å². The molecule has 1 fully saturated rings. The molecule has 1 heterocycles. The van der Waals surface area contributed by atoms with Gasteiger partial charge in [0.15, 0.2) is 0 Å². The van der Waals surface area contributed by atoms with Gasteiger partial charge >= 0.3 is 6.03 Å². The zero-order valence-corrected chi connectivity index (χ0v) is 14.8. The first-order valence-electron chi connectivity index (χ1n) is 7.56.